The summed E-state index contributed by atoms with van der Waals surface area (Å²) >= 11 is 9.01. The van der Waals surface area contributed by atoms with Crippen LogP contribution in [0.3, 0.4) is 0 Å². The van der Waals surface area contributed by atoms with Gasteiger partial charge in [0.05, 0.1) is 6.42 Å². The molecule has 0 unspecified atom stereocenters. The van der Waals surface area contributed by atoms with Crippen molar-refractivity contribution >= 4 is 59.4 Å². The third-order valence-corrected chi connectivity index (χ3v) is 2.05. The van der Waals surface area contributed by atoms with Crippen LogP contribution >= 0.6 is 47.8 Å². The molecule has 11 heavy (non-hydrogen) atoms. The van der Waals surface area contributed by atoms with Crippen LogP contribution in [-0.4, -0.2) is 13.7 Å². The molecule has 0 aliphatic carbocycles. The van der Waals surface area contributed by atoms with Crippen LogP contribution in [0.15, 0.2) is 0 Å². The molecule has 0 N–H and O–H groups in total. The summed E-state index contributed by atoms with van der Waals surface area (Å²) in [6.07, 6.45) is -0.0677. The number of hydrogen-bond acceptors (Lipinski definition) is 2. The van der Waals surface area contributed by atoms with Crippen molar-refractivity contribution in [2.24, 2.45) is 0 Å². The molecule has 0 saturated heterocycles. The fourth-order valence-electron chi connectivity index (χ4n) is 0.326. The Morgan fingerprint density at radius 1 is 1.27 bits per heavy atom. The van der Waals surface area contributed by atoms with Crippen molar-refractivity contribution in [3.63, 3.8) is 0 Å². The molecule has 0 aromatic rings. The zero-order chi connectivity index (χ0) is 8.36. The summed E-state index contributed by atoms with van der Waals surface area (Å²) < 4.78 is -0.932. The Labute approximate surface area is 102 Å². The van der Waals surface area contributed by atoms with Gasteiger partial charge in [-0.25, -0.2) is 0 Å². The Bertz CT molecular complexity index is 164. The minimum atomic E-state index is -0.932. The molecule has 0 fully saturated rings. The standard InChI is InChI=1S/C5H5Br3O2.V/c1-3(9)2-4(10)5(6,7)8;/h2H2,1H3;. The Morgan fingerprint density at radius 3 is 1.73 bits per heavy atom. The molecule has 0 aromatic heterocycles. The Morgan fingerprint density at radius 2 is 1.64 bits per heavy atom. The van der Waals surface area contributed by atoms with Crippen molar-refractivity contribution in [2.75, 3.05) is 0 Å². The number of alkyl halides is 3. The minimum absolute atomic E-state index is 0. The number of carbonyl (C=O) groups is 2. The van der Waals surface area contributed by atoms with Gasteiger partial charge in [0, 0.05) is 18.6 Å². The molecule has 0 atom stereocenters. The second-order valence-electron chi connectivity index (χ2n) is 1.80. The van der Waals surface area contributed by atoms with Crippen LogP contribution in [-0.2, 0) is 28.1 Å². The van der Waals surface area contributed by atoms with E-state index in [-0.39, 0.29) is 36.5 Å². The van der Waals surface area contributed by atoms with Gasteiger partial charge in [0.15, 0.2) is 7.93 Å². The molecule has 0 aliphatic heterocycles. The van der Waals surface area contributed by atoms with Crippen molar-refractivity contribution in [1.29, 1.82) is 0 Å². The molecule has 2 nitrogen and oxygen atoms in total. The van der Waals surface area contributed by atoms with Crippen LogP contribution in [0.2, 0.25) is 0 Å². The van der Waals surface area contributed by atoms with Gasteiger partial charge < -0.3 is 0 Å². The van der Waals surface area contributed by atoms with E-state index in [9.17, 15) is 9.59 Å². The van der Waals surface area contributed by atoms with Crippen molar-refractivity contribution in [3.8, 4) is 0 Å². The fraction of sp³-hybridized carbons (Fsp3) is 0.600. The van der Waals surface area contributed by atoms with E-state index in [1.54, 1.807) is 0 Å². The average molecular weight is 388 g/mol. The van der Waals surface area contributed by atoms with E-state index in [0.29, 0.717) is 0 Å². The van der Waals surface area contributed by atoms with Gasteiger partial charge in [-0.15, -0.1) is 0 Å². The normalized spacial score (nSPS) is 10.2. The third-order valence-electron chi connectivity index (χ3n) is 0.726. The topological polar surface area (TPSA) is 34.1 Å². The number of rotatable bonds is 2. The largest absolute Gasteiger partial charge is 0.300 e. The Hall–Kier alpha value is 1.36. The molecule has 0 amide bonds. The number of ketones is 2. The van der Waals surface area contributed by atoms with E-state index in [4.69, 9.17) is 0 Å². The van der Waals surface area contributed by atoms with Gasteiger partial charge in [-0.2, -0.15) is 0 Å². The predicted octanol–water partition coefficient (Wildman–Crippen LogP) is 2.37. The molecule has 0 rings (SSSR count). The summed E-state index contributed by atoms with van der Waals surface area (Å²) in [5.41, 5.74) is 0. The Balaban J connectivity index is 0. The van der Waals surface area contributed by atoms with Gasteiger partial charge in [-0.1, -0.05) is 47.8 Å². The molecule has 6 heteroatoms. The van der Waals surface area contributed by atoms with Gasteiger partial charge in [-0.3, -0.25) is 9.59 Å². The van der Waals surface area contributed by atoms with E-state index >= 15 is 0 Å². The first kappa shape index (κ1) is 14.9. The molecule has 0 spiro atoms. The summed E-state index contributed by atoms with van der Waals surface area (Å²) in [5, 5.41) is 0. The minimum Gasteiger partial charge on any atom is -0.300 e. The maximum absolute atomic E-state index is 10.9. The third kappa shape index (κ3) is 7.72. The van der Waals surface area contributed by atoms with Gasteiger partial charge in [-0.05, 0) is 6.92 Å². The monoisotopic (exact) mass is 385 g/mol. The molecular weight excluding hydrogens is 383 g/mol. The average Bonchev–Trinajstić information content (AvgIpc) is 1.60. The van der Waals surface area contributed by atoms with Crippen LogP contribution in [0.1, 0.15) is 13.3 Å². The Kier molecular flexibility index (Phi) is 8.00. The van der Waals surface area contributed by atoms with Crippen molar-refractivity contribution in [3.05, 3.63) is 0 Å². The summed E-state index contributed by atoms with van der Waals surface area (Å²) in [4.78, 5) is 21.3. The molecule has 0 bridgehead atoms. The van der Waals surface area contributed by atoms with Crippen LogP contribution in [0.5, 0.6) is 0 Å². The first-order chi connectivity index (χ1) is 4.34. The van der Waals surface area contributed by atoms with Gasteiger partial charge >= 0.3 is 0 Å². The fourth-order valence-corrected chi connectivity index (χ4v) is 0.747. The second kappa shape index (κ2) is 5.92. The van der Waals surface area contributed by atoms with Crippen LogP contribution in [0, 0.1) is 0 Å². The van der Waals surface area contributed by atoms with Gasteiger partial charge in [0.2, 0.25) is 0 Å². The van der Waals surface area contributed by atoms with E-state index in [1.165, 1.54) is 6.92 Å². The van der Waals surface area contributed by atoms with E-state index in [2.05, 4.69) is 47.8 Å². The maximum Gasteiger partial charge on any atom is 0.193 e. The quantitative estimate of drug-likeness (QED) is 0.538. The van der Waals surface area contributed by atoms with Gasteiger partial charge in [0.25, 0.3) is 0 Å². The number of Topliss-reactive ketones (excluding diaryl/α,β-unsaturated/α-hetero) is 2. The van der Waals surface area contributed by atoms with Crippen molar-refractivity contribution in [1.82, 2.24) is 0 Å². The molecule has 0 heterocycles. The maximum atomic E-state index is 10.9. The summed E-state index contributed by atoms with van der Waals surface area (Å²) in [6, 6.07) is 0. The van der Waals surface area contributed by atoms with E-state index in [0.717, 1.165) is 0 Å². The summed E-state index contributed by atoms with van der Waals surface area (Å²) in [5.74, 6) is -0.382. The van der Waals surface area contributed by atoms with Crippen LogP contribution in [0.25, 0.3) is 0 Å². The molecular formula is C5H5Br3O2V. The predicted molar refractivity (Wildman–Crippen MR) is 49.8 cm³/mol. The van der Waals surface area contributed by atoms with Crippen molar-refractivity contribution in [2.45, 2.75) is 15.5 Å². The zero-order valence-corrected chi connectivity index (χ0v) is 11.8. The number of halogens is 3. The molecule has 63 valence electrons. The first-order valence-electron chi connectivity index (χ1n) is 2.43. The molecule has 1 radical (unpaired) electrons. The molecule has 0 aromatic carbocycles. The zero-order valence-electron chi connectivity index (χ0n) is 5.60. The second-order valence-corrected chi connectivity index (χ2v) is 8.56. The van der Waals surface area contributed by atoms with Gasteiger partial charge in [0.1, 0.15) is 5.78 Å². The van der Waals surface area contributed by atoms with Crippen LogP contribution in [0.4, 0.5) is 0 Å². The first-order valence-corrected chi connectivity index (χ1v) is 4.81. The van der Waals surface area contributed by atoms with E-state index in [1.807, 2.05) is 0 Å². The van der Waals surface area contributed by atoms with Crippen molar-refractivity contribution < 1.29 is 28.1 Å². The number of hydrogen-bond donors (Lipinski definition) is 0. The van der Waals surface area contributed by atoms with Crippen LogP contribution < -0.4 is 0 Å². The summed E-state index contributed by atoms with van der Waals surface area (Å²) in [6.45, 7) is 1.37. The SMILES string of the molecule is CC(=O)CC(=O)C(Br)(Br)Br.[V]. The smallest absolute Gasteiger partial charge is 0.193 e. The molecule has 0 aliphatic rings. The van der Waals surface area contributed by atoms with E-state index < -0.39 is 2.14 Å². The summed E-state index contributed by atoms with van der Waals surface area (Å²) in [7, 11) is 0. The number of carbonyl (C=O) groups excluding carboxylic acids is 2. The molecule has 0 saturated carbocycles.